The standard InChI is InChI=1S/C23H19NO4S/c1-3-28-21(26)13-12-17-22(15-8-10-16(27-2)11-9-15)19(14-25)24-18-6-4-5-7-20(18)29-23(17)24/h4-14H,3H2,1-2H3/b13-12+. The first-order valence-corrected chi connectivity index (χ1v) is 10.00. The van der Waals surface area contributed by atoms with Crippen molar-refractivity contribution in [3.05, 3.63) is 65.9 Å². The summed E-state index contributed by atoms with van der Waals surface area (Å²) < 4.78 is 13.3. The fourth-order valence-corrected chi connectivity index (χ4v) is 4.61. The Morgan fingerprint density at radius 2 is 1.90 bits per heavy atom. The van der Waals surface area contributed by atoms with Crippen LogP contribution in [0.25, 0.3) is 32.2 Å². The van der Waals surface area contributed by atoms with Crippen LogP contribution < -0.4 is 4.74 Å². The van der Waals surface area contributed by atoms with Gasteiger partial charge in [0.05, 0.1) is 29.6 Å². The minimum absolute atomic E-state index is 0.308. The average molecular weight is 405 g/mol. The van der Waals surface area contributed by atoms with Gasteiger partial charge in [-0.25, -0.2) is 4.79 Å². The van der Waals surface area contributed by atoms with Gasteiger partial charge in [-0.15, -0.1) is 11.3 Å². The van der Waals surface area contributed by atoms with Crippen LogP contribution in [-0.2, 0) is 9.53 Å². The number of hydrogen-bond acceptors (Lipinski definition) is 5. The van der Waals surface area contributed by atoms with Crippen molar-refractivity contribution in [2.24, 2.45) is 0 Å². The van der Waals surface area contributed by atoms with Crippen molar-refractivity contribution in [1.29, 1.82) is 0 Å². The van der Waals surface area contributed by atoms with Crippen LogP contribution in [-0.4, -0.2) is 30.4 Å². The molecular formula is C23H19NO4S. The van der Waals surface area contributed by atoms with Crippen molar-refractivity contribution in [3.63, 3.8) is 0 Å². The number of aromatic nitrogens is 1. The van der Waals surface area contributed by atoms with Crippen LogP contribution in [0.15, 0.2) is 54.6 Å². The third-order valence-corrected chi connectivity index (χ3v) is 5.84. The molecule has 2 aromatic carbocycles. The first kappa shape index (κ1) is 19.0. The number of aldehydes is 1. The van der Waals surface area contributed by atoms with E-state index < -0.39 is 5.97 Å². The van der Waals surface area contributed by atoms with Crippen molar-refractivity contribution in [1.82, 2.24) is 4.40 Å². The van der Waals surface area contributed by atoms with Crippen LogP contribution >= 0.6 is 11.3 Å². The summed E-state index contributed by atoms with van der Waals surface area (Å²) in [6.07, 6.45) is 4.01. The van der Waals surface area contributed by atoms with Crippen molar-refractivity contribution < 1.29 is 19.1 Å². The molecule has 0 atom stereocenters. The van der Waals surface area contributed by atoms with Crippen LogP contribution in [0.3, 0.4) is 0 Å². The number of methoxy groups -OCH3 is 1. The number of carbonyl (C=O) groups excluding carboxylic acids is 2. The van der Waals surface area contributed by atoms with E-state index in [-0.39, 0.29) is 0 Å². The quantitative estimate of drug-likeness (QED) is 0.251. The third kappa shape index (κ3) is 3.32. The van der Waals surface area contributed by atoms with Gasteiger partial charge in [0.15, 0.2) is 6.29 Å². The molecule has 0 radical (unpaired) electrons. The highest BCUT2D eigenvalue weighted by Gasteiger charge is 2.21. The topological polar surface area (TPSA) is 57.0 Å². The van der Waals surface area contributed by atoms with Crippen LogP contribution in [0, 0.1) is 0 Å². The first-order valence-electron chi connectivity index (χ1n) is 9.18. The van der Waals surface area contributed by atoms with Gasteiger partial charge in [0.25, 0.3) is 0 Å². The Bertz CT molecular complexity index is 1230. The molecule has 0 aliphatic rings. The Morgan fingerprint density at radius 3 is 2.59 bits per heavy atom. The number of nitrogens with zero attached hydrogens (tertiary/aromatic N) is 1. The highest BCUT2D eigenvalue weighted by molar-refractivity contribution is 7.24. The van der Waals surface area contributed by atoms with E-state index in [1.54, 1.807) is 31.4 Å². The van der Waals surface area contributed by atoms with Gasteiger partial charge in [-0.3, -0.25) is 9.20 Å². The molecule has 0 fully saturated rings. The van der Waals surface area contributed by atoms with Gasteiger partial charge < -0.3 is 9.47 Å². The zero-order valence-electron chi connectivity index (χ0n) is 16.0. The number of carbonyl (C=O) groups is 2. The van der Waals surface area contributed by atoms with Gasteiger partial charge in [-0.1, -0.05) is 24.3 Å². The van der Waals surface area contributed by atoms with Gasteiger partial charge in [0, 0.05) is 17.2 Å². The molecular weight excluding hydrogens is 386 g/mol. The lowest BCUT2D eigenvalue weighted by Crippen LogP contribution is -1.98. The monoisotopic (exact) mass is 405 g/mol. The van der Waals surface area contributed by atoms with Gasteiger partial charge >= 0.3 is 5.97 Å². The first-order chi connectivity index (χ1) is 14.2. The Morgan fingerprint density at radius 1 is 1.14 bits per heavy atom. The summed E-state index contributed by atoms with van der Waals surface area (Å²) in [5, 5.41) is 0. The summed E-state index contributed by atoms with van der Waals surface area (Å²) in [6.45, 7) is 2.07. The van der Waals surface area contributed by atoms with Crippen molar-refractivity contribution >= 4 is 44.7 Å². The van der Waals surface area contributed by atoms with E-state index in [1.807, 2.05) is 52.9 Å². The maximum Gasteiger partial charge on any atom is 0.330 e. The van der Waals surface area contributed by atoms with E-state index in [0.29, 0.717) is 12.3 Å². The number of rotatable bonds is 6. The number of hydrogen-bond donors (Lipinski definition) is 0. The van der Waals surface area contributed by atoms with E-state index in [0.717, 1.165) is 43.8 Å². The summed E-state index contributed by atoms with van der Waals surface area (Å²) in [7, 11) is 1.61. The fraction of sp³-hybridized carbons (Fsp3) is 0.130. The van der Waals surface area contributed by atoms with Gasteiger partial charge in [-0.2, -0.15) is 0 Å². The minimum atomic E-state index is -0.415. The molecule has 0 saturated carbocycles. The largest absolute Gasteiger partial charge is 0.497 e. The smallest absolute Gasteiger partial charge is 0.330 e. The summed E-state index contributed by atoms with van der Waals surface area (Å²) in [5.74, 6) is 0.317. The summed E-state index contributed by atoms with van der Waals surface area (Å²) in [4.78, 5) is 25.0. The molecule has 29 heavy (non-hydrogen) atoms. The van der Waals surface area contributed by atoms with E-state index in [2.05, 4.69) is 0 Å². The van der Waals surface area contributed by atoms with Crippen LogP contribution in [0.1, 0.15) is 23.0 Å². The van der Waals surface area contributed by atoms with Crippen LogP contribution in [0.4, 0.5) is 0 Å². The molecule has 6 heteroatoms. The van der Waals surface area contributed by atoms with Gasteiger partial charge in [0.2, 0.25) is 0 Å². The predicted molar refractivity (Wildman–Crippen MR) is 116 cm³/mol. The SMILES string of the molecule is CCOC(=O)/C=C/c1c(-c2ccc(OC)cc2)c(C=O)n2c1sc1ccccc12. The van der Waals surface area contributed by atoms with Gasteiger partial charge in [-0.05, 0) is 42.8 Å². The maximum atomic E-state index is 12.2. The van der Waals surface area contributed by atoms with Crippen LogP contribution in [0.2, 0.25) is 0 Å². The molecule has 0 aliphatic carbocycles. The minimum Gasteiger partial charge on any atom is -0.497 e. The van der Waals surface area contributed by atoms with E-state index in [1.165, 1.54) is 6.08 Å². The summed E-state index contributed by atoms with van der Waals surface area (Å²) >= 11 is 1.58. The molecule has 146 valence electrons. The second kappa shape index (κ2) is 7.93. The highest BCUT2D eigenvalue weighted by Crippen LogP contribution is 2.40. The normalized spacial score (nSPS) is 11.4. The molecule has 5 nitrogen and oxygen atoms in total. The molecule has 0 N–H and O–H groups in total. The molecule has 0 unspecified atom stereocenters. The third-order valence-electron chi connectivity index (χ3n) is 4.68. The Kier molecular flexibility index (Phi) is 5.18. The van der Waals surface area contributed by atoms with Crippen molar-refractivity contribution in [2.75, 3.05) is 13.7 Å². The Hall–Kier alpha value is -3.38. The predicted octanol–water partition coefficient (Wildman–Crippen LogP) is 5.22. The van der Waals surface area contributed by atoms with Gasteiger partial charge in [0.1, 0.15) is 10.6 Å². The lowest BCUT2D eigenvalue weighted by atomic mass is 10.0. The molecule has 0 saturated heterocycles. The second-order valence-corrected chi connectivity index (χ2v) is 7.35. The zero-order chi connectivity index (χ0) is 20.4. The number of fused-ring (bicyclic) bond motifs is 3. The molecule has 2 heterocycles. The zero-order valence-corrected chi connectivity index (χ0v) is 16.9. The Balaban J connectivity index is 2.02. The number of esters is 1. The number of ether oxygens (including phenoxy) is 2. The maximum absolute atomic E-state index is 12.2. The molecule has 0 aliphatic heterocycles. The molecule has 0 amide bonds. The van der Waals surface area contributed by atoms with E-state index >= 15 is 0 Å². The number of thiazole rings is 1. The molecule has 4 aromatic rings. The van der Waals surface area contributed by atoms with E-state index in [4.69, 9.17) is 9.47 Å². The number of para-hydroxylation sites is 1. The highest BCUT2D eigenvalue weighted by atomic mass is 32.1. The molecule has 2 aromatic heterocycles. The summed E-state index contributed by atoms with van der Waals surface area (Å²) in [6, 6.07) is 15.5. The van der Waals surface area contributed by atoms with E-state index in [9.17, 15) is 9.59 Å². The number of benzene rings is 2. The van der Waals surface area contributed by atoms with Crippen LogP contribution in [0.5, 0.6) is 5.75 Å². The van der Waals surface area contributed by atoms with Crippen molar-refractivity contribution in [2.45, 2.75) is 6.92 Å². The fourth-order valence-electron chi connectivity index (χ4n) is 3.43. The lowest BCUT2D eigenvalue weighted by molar-refractivity contribution is -0.137. The second-order valence-electron chi connectivity index (χ2n) is 6.32. The summed E-state index contributed by atoms with van der Waals surface area (Å²) in [5.41, 5.74) is 3.97. The average Bonchev–Trinajstić information content (AvgIpc) is 3.26. The lowest BCUT2D eigenvalue weighted by Gasteiger charge is -2.05. The Labute approximate surface area is 171 Å². The molecule has 0 spiro atoms. The molecule has 4 rings (SSSR count). The molecule has 0 bridgehead atoms. The van der Waals surface area contributed by atoms with Crippen molar-refractivity contribution in [3.8, 4) is 16.9 Å².